The van der Waals surface area contributed by atoms with E-state index in [9.17, 15) is 14.7 Å². The van der Waals surface area contributed by atoms with Crippen LogP contribution >= 0.6 is 10.0 Å². The third kappa shape index (κ3) is 3.27. The molecule has 0 amide bonds. The standard InChI is InChI=1S/C26H29B2N2O4S/c1-7-26(33)18-11-20-21-16(12-30(20)23(31)17(18)13-34-24(26)32)22(35(5,6)25(2,3)4)15-10-14(28-27)8-9-19(15)29-21/h8-11,33H,7,12-13H2,1-6H3. The quantitative estimate of drug-likeness (QED) is 0.355. The maximum atomic E-state index is 13.7. The third-order valence-electron chi connectivity index (χ3n) is 7.89. The Morgan fingerprint density at radius 2 is 1.94 bits per heavy atom. The number of carbonyl (C=O) groups is 1. The minimum Gasteiger partial charge on any atom is -0.458 e. The highest BCUT2D eigenvalue weighted by molar-refractivity contribution is 8.33. The molecule has 4 heterocycles. The number of cyclic esters (lactones) is 1. The van der Waals surface area contributed by atoms with Crippen molar-refractivity contribution in [2.45, 2.75) is 62.5 Å². The van der Waals surface area contributed by atoms with E-state index in [1.807, 2.05) is 12.1 Å². The molecule has 0 aliphatic carbocycles. The van der Waals surface area contributed by atoms with Crippen LogP contribution in [0.1, 0.15) is 50.8 Å². The van der Waals surface area contributed by atoms with Gasteiger partial charge in [-0.15, -0.1) is 0 Å². The lowest BCUT2D eigenvalue weighted by atomic mass is 9.51. The molecule has 2 aliphatic heterocycles. The van der Waals surface area contributed by atoms with Crippen LogP contribution in [-0.4, -0.2) is 52.8 Å². The van der Waals surface area contributed by atoms with Gasteiger partial charge in [0.1, 0.15) is 6.61 Å². The van der Waals surface area contributed by atoms with Gasteiger partial charge in [-0.25, -0.2) is 19.8 Å². The number of pyridine rings is 2. The molecule has 0 spiro atoms. The predicted molar refractivity (Wildman–Crippen MR) is 143 cm³/mol. The van der Waals surface area contributed by atoms with Gasteiger partial charge < -0.3 is 14.4 Å². The fraction of sp³-hybridized carbons (Fsp3) is 0.423. The summed E-state index contributed by atoms with van der Waals surface area (Å²) >= 11 is 0. The van der Waals surface area contributed by atoms with Crippen molar-refractivity contribution in [1.29, 1.82) is 0 Å². The lowest BCUT2D eigenvalue weighted by Crippen LogP contribution is -2.44. The zero-order chi connectivity index (χ0) is 25.5. The van der Waals surface area contributed by atoms with Crippen LogP contribution in [-0.2, 0) is 28.3 Å². The number of rotatable bonds is 3. The summed E-state index contributed by atoms with van der Waals surface area (Å²) in [7, 11) is 6.07. The molecule has 6 nitrogen and oxygen atoms in total. The highest BCUT2D eigenvalue weighted by atomic mass is 32.3. The molecule has 0 fully saturated rings. The average Bonchev–Trinajstić information content (AvgIpc) is 3.17. The average molecular weight is 487 g/mol. The van der Waals surface area contributed by atoms with Gasteiger partial charge in [-0.1, -0.05) is 45.3 Å². The van der Waals surface area contributed by atoms with E-state index >= 15 is 0 Å². The minimum atomic E-state index is -1.84. The molecule has 35 heavy (non-hydrogen) atoms. The van der Waals surface area contributed by atoms with E-state index in [1.165, 1.54) is 4.90 Å². The van der Waals surface area contributed by atoms with E-state index < -0.39 is 21.6 Å². The van der Waals surface area contributed by atoms with E-state index in [1.54, 1.807) is 24.7 Å². The minimum absolute atomic E-state index is 0.0147. The van der Waals surface area contributed by atoms with Crippen LogP contribution < -0.4 is 11.0 Å². The first-order valence-corrected chi connectivity index (χ1v) is 14.2. The predicted octanol–water partition coefficient (Wildman–Crippen LogP) is 2.71. The molecule has 0 bridgehead atoms. The van der Waals surface area contributed by atoms with Crippen LogP contribution in [0.15, 0.2) is 34.0 Å². The summed E-state index contributed by atoms with van der Waals surface area (Å²) in [6.07, 6.45) is 4.73. The summed E-state index contributed by atoms with van der Waals surface area (Å²) in [6.45, 7) is 8.70. The summed E-state index contributed by atoms with van der Waals surface area (Å²) in [5.41, 5.74) is 2.71. The number of hydrogen-bond acceptors (Lipinski definition) is 5. The Kier molecular flexibility index (Phi) is 5.35. The van der Waals surface area contributed by atoms with Crippen molar-refractivity contribution in [2.75, 3.05) is 12.5 Å². The molecule has 179 valence electrons. The van der Waals surface area contributed by atoms with Crippen LogP contribution in [0.3, 0.4) is 0 Å². The highest BCUT2D eigenvalue weighted by Gasteiger charge is 2.46. The summed E-state index contributed by atoms with van der Waals surface area (Å²) in [5, 5.41) is 12.2. The fourth-order valence-electron chi connectivity index (χ4n) is 5.05. The molecular formula is C26H29B2N2O4S. The van der Waals surface area contributed by atoms with Gasteiger partial charge in [-0.3, -0.25) is 4.79 Å². The van der Waals surface area contributed by atoms with E-state index in [-0.39, 0.29) is 23.3 Å². The van der Waals surface area contributed by atoms with Gasteiger partial charge in [-0.05, 0) is 35.8 Å². The lowest BCUT2D eigenvalue weighted by Gasteiger charge is -2.46. The second-order valence-corrected chi connectivity index (χ2v) is 15.0. The Labute approximate surface area is 209 Å². The normalized spacial score (nSPS) is 19.7. The lowest BCUT2D eigenvalue weighted by molar-refractivity contribution is -0.172. The molecule has 0 saturated heterocycles. The number of esters is 1. The van der Waals surface area contributed by atoms with Crippen molar-refractivity contribution in [1.82, 2.24) is 9.55 Å². The Hall–Kier alpha value is -2.51. The van der Waals surface area contributed by atoms with Crippen LogP contribution in [0.2, 0.25) is 0 Å². The molecule has 9 heteroatoms. The zero-order valence-corrected chi connectivity index (χ0v) is 21.9. The molecule has 2 aromatic heterocycles. The van der Waals surface area contributed by atoms with E-state index in [0.29, 0.717) is 23.4 Å². The molecule has 1 aromatic carbocycles. The summed E-state index contributed by atoms with van der Waals surface area (Å²) < 4.78 is 6.91. The number of benzene rings is 1. The van der Waals surface area contributed by atoms with Crippen LogP contribution in [0.5, 0.6) is 0 Å². The number of fused-ring (bicyclic) bond motifs is 5. The smallest absolute Gasteiger partial charge is 0.343 e. The number of carbonyl (C=O) groups excluding carboxylic acids is 1. The Morgan fingerprint density at radius 3 is 2.57 bits per heavy atom. The number of hydrogen-bond donors (Lipinski definition) is 1. The molecule has 1 atom stereocenters. The molecule has 0 saturated carbocycles. The molecule has 3 aromatic rings. The van der Waals surface area contributed by atoms with Crippen LogP contribution in [0.25, 0.3) is 22.3 Å². The van der Waals surface area contributed by atoms with Crippen molar-refractivity contribution in [2.24, 2.45) is 0 Å². The highest BCUT2D eigenvalue weighted by Crippen LogP contribution is 2.63. The van der Waals surface area contributed by atoms with Gasteiger partial charge in [-0.2, -0.15) is 0 Å². The molecular weight excluding hydrogens is 458 g/mol. The van der Waals surface area contributed by atoms with Gasteiger partial charge in [0.2, 0.25) is 0 Å². The van der Waals surface area contributed by atoms with Gasteiger partial charge in [0.25, 0.3) is 5.56 Å². The SMILES string of the molecule is [B][B]c1ccc2nc3c(c(S(C)(C)C(C)(C)C)c2c1)Cn1c-3cc2c(c1=O)COC(=O)C2(O)CC. The summed E-state index contributed by atoms with van der Waals surface area (Å²) in [6, 6.07) is 7.76. The molecule has 1 unspecified atom stereocenters. The van der Waals surface area contributed by atoms with E-state index in [2.05, 4.69) is 39.3 Å². The summed E-state index contributed by atoms with van der Waals surface area (Å²) in [5.74, 6) is -0.717. The Balaban J connectivity index is 1.88. The van der Waals surface area contributed by atoms with Crippen molar-refractivity contribution in [3.63, 3.8) is 0 Å². The van der Waals surface area contributed by atoms with Crippen molar-refractivity contribution >= 4 is 47.3 Å². The van der Waals surface area contributed by atoms with Crippen LogP contribution in [0, 0.1) is 0 Å². The largest absolute Gasteiger partial charge is 0.458 e. The van der Waals surface area contributed by atoms with Crippen molar-refractivity contribution in [3.05, 3.63) is 51.3 Å². The second kappa shape index (κ2) is 7.74. The summed E-state index contributed by atoms with van der Waals surface area (Å²) in [4.78, 5) is 32.4. The number of aliphatic hydroxyl groups is 1. The first-order valence-electron chi connectivity index (χ1n) is 11.8. The van der Waals surface area contributed by atoms with E-state index in [0.717, 1.165) is 27.6 Å². The molecule has 5 rings (SSSR count). The van der Waals surface area contributed by atoms with Gasteiger partial charge in [0.05, 0.1) is 36.2 Å². The second-order valence-electron chi connectivity index (χ2n) is 10.8. The molecule has 2 aliphatic rings. The van der Waals surface area contributed by atoms with Gasteiger partial charge in [0.15, 0.2) is 5.60 Å². The maximum absolute atomic E-state index is 13.7. The Bertz CT molecular complexity index is 1480. The van der Waals surface area contributed by atoms with Gasteiger partial charge >= 0.3 is 5.97 Å². The zero-order valence-electron chi connectivity index (χ0n) is 21.1. The van der Waals surface area contributed by atoms with Crippen molar-refractivity contribution < 1.29 is 14.6 Å². The Morgan fingerprint density at radius 1 is 1.23 bits per heavy atom. The number of ether oxygens (including phenoxy) is 1. The van der Waals surface area contributed by atoms with E-state index in [4.69, 9.17) is 17.5 Å². The monoisotopic (exact) mass is 487 g/mol. The fourth-order valence-corrected chi connectivity index (χ4v) is 7.16. The molecule has 3 radical (unpaired) electrons. The first-order chi connectivity index (χ1) is 16.3. The number of nitrogens with zero attached hydrogens (tertiary/aromatic N) is 2. The molecule has 1 N–H and O–H groups in total. The van der Waals surface area contributed by atoms with Gasteiger partial charge in [0, 0.05) is 29.1 Å². The third-order valence-corrected chi connectivity index (χ3v) is 12.4. The first kappa shape index (κ1) is 24.2. The topological polar surface area (TPSA) is 81.4 Å². The van der Waals surface area contributed by atoms with Crippen LogP contribution in [0.4, 0.5) is 0 Å². The maximum Gasteiger partial charge on any atom is 0.343 e. The van der Waals surface area contributed by atoms with Crippen molar-refractivity contribution in [3.8, 4) is 11.4 Å². The number of aromatic nitrogens is 2.